The van der Waals surface area contributed by atoms with Gasteiger partial charge in [0.15, 0.2) is 0 Å². The number of sulfonamides is 1. The van der Waals surface area contributed by atoms with E-state index in [9.17, 15) is 18.0 Å². The number of hydrogen-bond acceptors (Lipinski definition) is 5. The fourth-order valence-corrected chi connectivity index (χ4v) is 5.60. The van der Waals surface area contributed by atoms with Gasteiger partial charge in [-0.25, -0.2) is 8.42 Å². The number of rotatable bonds is 11. The Morgan fingerprint density at radius 1 is 0.878 bits per heavy atom. The van der Waals surface area contributed by atoms with Crippen LogP contribution in [0, 0.1) is 13.8 Å². The van der Waals surface area contributed by atoms with Crippen molar-refractivity contribution in [2.24, 2.45) is 0 Å². The first-order valence-corrected chi connectivity index (χ1v) is 15.1. The molecule has 3 aromatic rings. The van der Waals surface area contributed by atoms with E-state index in [1.807, 2.05) is 65.8 Å². The van der Waals surface area contributed by atoms with Gasteiger partial charge in [0.05, 0.1) is 17.2 Å². The van der Waals surface area contributed by atoms with Gasteiger partial charge >= 0.3 is 0 Å². The highest BCUT2D eigenvalue weighted by Gasteiger charge is 2.33. The van der Waals surface area contributed by atoms with Crippen molar-refractivity contribution in [3.8, 4) is 5.75 Å². The van der Waals surface area contributed by atoms with Gasteiger partial charge in [-0.1, -0.05) is 47.5 Å². The zero-order chi connectivity index (χ0) is 30.4. The zero-order valence-electron chi connectivity index (χ0n) is 25.0. The van der Waals surface area contributed by atoms with Crippen LogP contribution in [0.15, 0.2) is 77.7 Å². The molecule has 1 atom stereocenters. The van der Waals surface area contributed by atoms with E-state index in [1.54, 1.807) is 43.3 Å². The van der Waals surface area contributed by atoms with Crippen LogP contribution in [0.4, 0.5) is 5.69 Å². The topological polar surface area (TPSA) is 96.0 Å². The summed E-state index contributed by atoms with van der Waals surface area (Å²) in [4.78, 5) is 28.7. The fraction of sp³-hybridized carbons (Fsp3) is 0.375. The number of nitrogens with one attached hydrogen (secondary N) is 1. The molecule has 0 heterocycles. The molecular formula is C32H41N3O5S. The van der Waals surface area contributed by atoms with Crippen LogP contribution in [0.25, 0.3) is 0 Å². The molecule has 3 aromatic carbocycles. The molecule has 0 unspecified atom stereocenters. The molecular weight excluding hydrogens is 538 g/mol. The average molecular weight is 580 g/mol. The van der Waals surface area contributed by atoms with Crippen LogP contribution in [0.5, 0.6) is 5.75 Å². The number of amides is 2. The lowest BCUT2D eigenvalue weighted by Gasteiger charge is -2.33. The van der Waals surface area contributed by atoms with Crippen molar-refractivity contribution >= 4 is 27.5 Å². The van der Waals surface area contributed by atoms with E-state index >= 15 is 0 Å². The number of nitrogens with zero attached hydrogens (tertiary/aromatic N) is 2. The number of carbonyl (C=O) groups is 2. The normalized spacial score (nSPS) is 12.4. The molecule has 220 valence electrons. The van der Waals surface area contributed by atoms with Crippen molar-refractivity contribution in [2.45, 2.75) is 71.5 Å². The van der Waals surface area contributed by atoms with E-state index in [-0.39, 0.29) is 17.3 Å². The quantitative estimate of drug-likeness (QED) is 0.336. The maximum absolute atomic E-state index is 14.0. The van der Waals surface area contributed by atoms with E-state index in [4.69, 9.17) is 4.74 Å². The summed E-state index contributed by atoms with van der Waals surface area (Å²) in [6, 6.07) is 19.9. The van der Waals surface area contributed by atoms with Gasteiger partial charge in [0, 0.05) is 12.1 Å². The highest BCUT2D eigenvalue weighted by molar-refractivity contribution is 7.92. The first-order valence-electron chi connectivity index (χ1n) is 13.7. The van der Waals surface area contributed by atoms with Crippen molar-refractivity contribution in [1.29, 1.82) is 0 Å². The summed E-state index contributed by atoms with van der Waals surface area (Å²) in [6.45, 7) is 13.1. The molecule has 8 nitrogen and oxygen atoms in total. The second-order valence-electron chi connectivity index (χ2n) is 11.2. The Labute approximate surface area is 244 Å². The van der Waals surface area contributed by atoms with E-state index in [0.717, 1.165) is 21.0 Å². The SMILES string of the molecule is CCOc1ccc(N(CC(=O)N(Cc2ccc(C)cc2)[C@@H](C)C(=O)NC(C)(C)C)S(=O)(=O)c2ccc(C)cc2)cc1. The van der Waals surface area contributed by atoms with Gasteiger partial charge in [0.2, 0.25) is 11.8 Å². The van der Waals surface area contributed by atoms with Crippen molar-refractivity contribution in [3.63, 3.8) is 0 Å². The monoisotopic (exact) mass is 579 g/mol. The van der Waals surface area contributed by atoms with Crippen LogP contribution < -0.4 is 14.4 Å². The standard InChI is InChI=1S/C32H41N3O5S/c1-8-40-28-17-15-27(16-18-28)35(41(38,39)29-19-11-24(3)12-20-29)22-30(36)34(21-26-13-9-23(2)10-14-26)25(4)31(37)33-32(5,6)7/h9-20,25H,8,21-22H2,1-7H3,(H,33,37)/t25-/m0/s1. The molecule has 0 saturated carbocycles. The first kappa shape index (κ1) is 31.7. The van der Waals surface area contributed by atoms with E-state index in [2.05, 4.69) is 5.32 Å². The number of aryl methyl sites for hydroxylation is 2. The summed E-state index contributed by atoms with van der Waals surface area (Å²) in [6.07, 6.45) is 0. The Balaban J connectivity index is 2.03. The van der Waals surface area contributed by atoms with Crippen LogP contribution >= 0.6 is 0 Å². The summed E-state index contributed by atoms with van der Waals surface area (Å²) in [7, 11) is -4.13. The van der Waals surface area contributed by atoms with Crippen molar-refractivity contribution in [1.82, 2.24) is 10.2 Å². The highest BCUT2D eigenvalue weighted by Crippen LogP contribution is 2.27. The Morgan fingerprint density at radius 2 is 1.41 bits per heavy atom. The molecule has 0 aliphatic carbocycles. The third kappa shape index (κ3) is 8.57. The van der Waals surface area contributed by atoms with Gasteiger partial charge < -0.3 is 15.0 Å². The molecule has 0 aliphatic heterocycles. The third-order valence-electron chi connectivity index (χ3n) is 6.46. The van der Waals surface area contributed by atoms with E-state index in [0.29, 0.717) is 18.0 Å². The number of benzene rings is 3. The Morgan fingerprint density at radius 3 is 1.93 bits per heavy atom. The minimum absolute atomic E-state index is 0.0633. The lowest BCUT2D eigenvalue weighted by Crippen LogP contribution is -2.54. The average Bonchev–Trinajstić information content (AvgIpc) is 2.91. The smallest absolute Gasteiger partial charge is 0.264 e. The van der Waals surface area contributed by atoms with Crippen molar-refractivity contribution in [2.75, 3.05) is 17.5 Å². The third-order valence-corrected chi connectivity index (χ3v) is 8.25. The number of carbonyl (C=O) groups excluding carboxylic acids is 2. The molecule has 0 fully saturated rings. The molecule has 0 radical (unpaired) electrons. The Bertz CT molecular complexity index is 1430. The first-order chi connectivity index (χ1) is 19.2. The van der Waals surface area contributed by atoms with Crippen LogP contribution in [-0.4, -0.2) is 49.9 Å². The Kier molecular flexibility index (Phi) is 10.2. The lowest BCUT2D eigenvalue weighted by molar-refractivity contribution is -0.140. The van der Waals surface area contributed by atoms with E-state index < -0.39 is 34.1 Å². The van der Waals surface area contributed by atoms with Gasteiger partial charge in [-0.2, -0.15) is 0 Å². The number of ether oxygens (including phenoxy) is 1. The molecule has 9 heteroatoms. The summed E-state index contributed by atoms with van der Waals surface area (Å²) in [5, 5.41) is 2.94. The molecule has 0 saturated heterocycles. The number of hydrogen-bond donors (Lipinski definition) is 1. The van der Waals surface area contributed by atoms with Gasteiger partial charge in [0.1, 0.15) is 18.3 Å². The van der Waals surface area contributed by atoms with Crippen LogP contribution in [0.3, 0.4) is 0 Å². The van der Waals surface area contributed by atoms with Crippen molar-refractivity contribution < 1.29 is 22.7 Å². The van der Waals surface area contributed by atoms with Crippen molar-refractivity contribution in [3.05, 3.63) is 89.5 Å². The largest absolute Gasteiger partial charge is 0.494 e. The molecule has 0 aromatic heterocycles. The summed E-state index contributed by atoms with van der Waals surface area (Å²) in [5.41, 5.74) is 2.61. The predicted molar refractivity (Wildman–Crippen MR) is 162 cm³/mol. The van der Waals surface area contributed by atoms with Crippen LogP contribution in [0.2, 0.25) is 0 Å². The fourth-order valence-electron chi connectivity index (χ4n) is 4.19. The minimum atomic E-state index is -4.13. The summed E-state index contributed by atoms with van der Waals surface area (Å²) < 4.78 is 34.5. The maximum Gasteiger partial charge on any atom is 0.264 e. The second-order valence-corrected chi connectivity index (χ2v) is 13.0. The molecule has 0 aliphatic rings. The lowest BCUT2D eigenvalue weighted by atomic mass is 10.1. The molecule has 2 amide bonds. The molecule has 41 heavy (non-hydrogen) atoms. The molecule has 3 rings (SSSR count). The molecule has 1 N–H and O–H groups in total. The summed E-state index contributed by atoms with van der Waals surface area (Å²) in [5.74, 6) is -0.248. The predicted octanol–water partition coefficient (Wildman–Crippen LogP) is 5.23. The van der Waals surface area contributed by atoms with Gasteiger partial charge in [0.25, 0.3) is 10.0 Å². The summed E-state index contributed by atoms with van der Waals surface area (Å²) >= 11 is 0. The van der Waals surface area contributed by atoms with Gasteiger partial charge in [-0.15, -0.1) is 0 Å². The second kappa shape index (κ2) is 13.2. The zero-order valence-corrected chi connectivity index (χ0v) is 25.8. The highest BCUT2D eigenvalue weighted by atomic mass is 32.2. The maximum atomic E-state index is 14.0. The minimum Gasteiger partial charge on any atom is -0.494 e. The molecule has 0 bridgehead atoms. The van der Waals surface area contributed by atoms with Crippen LogP contribution in [0.1, 0.15) is 51.3 Å². The van der Waals surface area contributed by atoms with Gasteiger partial charge in [-0.3, -0.25) is 13.9 Å². The van der Waals surface area contributed by atoms with E-state index in [1.165, 1.54) is 17.0 Å². The Hall–Kier alpha value is -3.85. The molecule has 0 spiro atoms. The number of anilines is 1. The van der Waals surface area contributed by atoms with Crippen LogP contribution in [-0.2, 0) is 26.2 Å². The van der Waals surface area contributed by atoms with Gasteiger partial charge in [-0.05, 0) is 90.4 Å².